The molecule has 0 heterocycles. The topological polar surface area (TPSA) is 20.2 Å². The van der Waals surface area contributed by atoms with Crippen molar-refractivity contribution in [1.82, 2.24) is 0 Å². The molecule has 1 N–H and O–H groups in total. The zero-order chi connectivity index (χ0) is 11.4. The van der Waals surface area contributed by atoms with E-state index in [0.29, 0.717) is 6.42 Å². The fraction of sp³-hybridized carbons (Fsp3) is 0.500. The molecule has 0 radical (unpaired) electrons. The Hall–Kier alpha value is -0.960. The summed E-state index contributed by atoms with van der Waals surface area (Å²) in [5.74, 6) is -1.68. The van der Waals surface area contributed by atoms with Crippen LogP contribution in [0, 0.1) is 11.6 Å². The van der Waals surface area contributed by atoms with E-state index in [1.165, 1.54) is 18.2 Å². The second kappa shape index (κ2) is 5.21. The first-order valence-corrected chi connectivity index (χ1v) is 5.19. The first kappa shape index (κ1) is 12.1. The molecule has 15 heavy (non-hydrogen) atoms. The average Bonchev–Trinajstić information content (AvgIpc) is 2.17. The van der Waals surface area contributed by atoms with E-state index < -0.39 is 23.7 Å². The molecule has 2 unspecified atom stereocenters. The summed E-state index contributed by atoms with van der Waals surface area (Å²) < 4.78 is 26.7. The molecule has 0 aromatic heterocycles. The van der Waals surface area contributed by atoms with Gasteiger partial charge in [0.2, 0.25) is 0 Å². The second-order valence-electron chi connectivity index (χ2n) is 3.78. The molecule has 1 aromatic rings. The van der Waals surface area contributed by atoms with Crippen LogP contribution in [-0.4, -0.2) is 11.2 Å². The van der Waals surface area contributed by atoms with Crippen molar-refractivity contribution in [3.63, 3.8) is 0 Å². The molecule has 0 amide bonds. The van der Waals surface area contributed by atoms with E-state index in [2.05, 4.69) is 0 Å². The highest BCUT2D eigenvalue weighted by atomic mass is 19.1. The van der Waals surface area contributed by atoms with E-state index in [0.717, 1.165) is 6.42 Å². The number of aliphatic hydroxyl groups is 1. The monoisotopic (exact) mass is 214 g/mol. The van der Waals surface area contributed by atoms with Gasteiger partial charge in [0.05, 0.1) is 6.10 Å². The average molecular weight is 214 g/mol. The van der Waals surface area contributed by atoms with Crippen LogP contribution in [0.25, 0.3) is 0 Å². The summed E-state index contributed by atoms with van der Waals surface area (Å²) >= 11 is 0. The van der Waals surface area contributed by atoms with Crippen molar-refractivity contribution in [2.75, 3.05) is 0 Å². The van der Waals surface area contributed by atoms with Gasteiger partial charge in [0.25, 0.3) is 0 Å². The van der Waals surface area contributed by atoms with Gasteiger partial charge < -0.3 is 5.11 Å². The highest BCUT2D eigenvalue weighted by molar-refractivity contribution is 5.24. The number of rotatable bonds is 4. The van der Waals surface area contributed by atoms with Gasteiger partial charge in [-0.2, -0.15) is 0 Å². The Bertz CT molecular complexity index is 305. The molecule has 3 heteroatoms. The molecule has 0 aliphatic carbocycles. The van der Waals surface area contributed by atoms with E-state index >= 15 is 0 Å². The fourth-order valence-electron chi connectivity index (χ4n) is 1.68. The third-order valence-corrected chi connectivity index (χ3v) is 2.62. The molecular weight excluding hydrogens is 198 g/mol. The summed E-state index contributed by atoms with van der Waals surface area (Å²) in [5, 5.41) is 9.69. The second-order valence-corrected chi connectivity index (χ2v) is 3.78. The van der Waals surface area contributed by atoms with Gasteiger partial charge in [-0.05, 0) is 18.6 Å². The van der Waals surface area contributed by atoms with Gasteiger partial charge in [0, 0.05) is 11.5 Å². The third-order valence-electron chi connectivity index (χ3n) is 2.62. The Morgan fingerprint density at radius 3 is 2.27 bits per heavy atom. The number of hydrogen-bond donors (Lipinski definition) is 1. The summed E-state index contributed by atoms with van der Waals surface area (Å²) in [6.45, 7) is 3.56. The molecule has 2 atom stereocenters. The molecule has 1 nitrogen and oxygen atoms in total. The normalized spacial score (nSPS) is 15.0. The molecule has 0 aliphatic heterocycles. The maximum atomic E-state index is 13.4. The lowest BCUT2D eigenvalue weighted by atomic mass is 9.92. The van der Waals surface area contributed by atoms with Crippen molar-refractivity contribution < 1.29 is 13.9 Å². The Kier molecular flexibility index (Phi) is 4.21. The van der Waals surface area contributed by atoms with Crippen molar-refractivity contribution in [2.24, 2.45) is 0 Å². The van der Waals surface area contributed by atoms with E-state index in [1.807, 2.05) is 6.92 Å². The van der Waals surface area contributed by atoms with Crippen LogP contribution in [-0.2, 0) is 0 Å². The van der Waals surface area contributed by atoms with E-state index in [4.69, 9.17) is 0 Å². The minimum Gasteiger partial charge on any atom is -0.393 e. The lowest BCUT2D eigenvalue weighted by Gasteiger charge is -2.19. The Morgan fingerprint density at radius 1 is 1.27 bits per heavy atom. The van der Waals surface area contributed by atoms with E-state index in [-0.39, 0.29) is 5.56 Å². The van der Waals surface area contributed by atoms with Crippen LogP contribution in [0.2, 0.25) is 0 Å². The van der Waals surface area contributed by atoms with Crippen LogP contribution in [0.4, 0.5) is 8.78 Å². The van der Waals surface area contributed by atoms with Crippen molar-refractivity contribution in [3.8, 4) is 0 Å². The van der Waals surface area contributed by atoms with Crippen LogP contribution < -0.4 is 0 Å². The fourth-order valence-corrected chi connectivity index (χ4v) is 1.68. The van der Waals surface area contributed by atoms with Gasteiger partial charge in [-0.3, -0.25) is 0 Å². The molecule has 0 fully saturated rings. The minimum atomic E-state index is -0.693. The SMILES string of the molecule is CCCC(O)C(C)c1c(F)cccc1F. The van der Waals surface area contributed by atoms with Crippen molar-refractivity contribution >= 4 is 0 Å². The molecular formula is C12H16F2O. The maximum Gasteiger partial charge on any atom is 0.129 e. The van der Waals surface area contributed by atoms with Crippen LogP contribution in [0.1, 0.15) is 38.2 Å². The van der Waals surface area contributed by atoms with Crippen molar-refractivity contribution in [1.29, 1.82) is 0 Å². The van der Waals surface area contributed by atoms with Crippen LogP contribution >= 0.6 is 0 Å². The minimum absolute atomic E-state index is 0.0153. The van der Waals surface area contributed by atoms with Gasteiger partial charge in [-0.25, -0.2) is 8.78 Å². The molecule has 0 bridgehead atoms. The largest absolute Gasteiger partial charge is 0.393 e. The summed E-state index contributed by atoms with van der Waals surface area (Å²) in [5.41, 5.74) is -0.0153. The number of benzene rings is 1. The van der Waals surface area contributed by atoms with Gasteiger partial charge in [-0.15, -0.1) is 0 Å². The third kappa shape index (κ3) is 2.75. The molecule has 1 rings (SSSR count). The number of aliphatic hydroxyl groups excluding tert-OH is 1. The molecule has 0 aliphatic rings. The van der Waals surface area contributed by atoms with Gasteiger partial charge in [0.15, 0.2) is 0 Å². The lowest BCUT2D eigenvalue weighted by molar-refractivity contribution is 0.135. The van der Waals surface area contributed by atoms with Crippen molar-refractivity contribution in [3.05, 3.63) is 35.4 Å². The van der Waals surface area contributed by atoms with E-state index in [1.54, 1.807) is 6.92 Å². The Morgan fingerprint density at radius 2 is 1.80 bits per heavy atom. The molecule has 0 saturated heterocycles. The Labute approximate surface area is 88.7 Å². The number of halogens is 2. The molecule has 0 spiro atoms. The van der Waals surface area contributed by atoms with Crippen LogP contribution in [0.15, 0.2) is 18.2 Å². The van der Waals surface area contributed by atoms with Gasteiger partial charge in [0.1, 0.15) is 11.6 Å². The van der Waals surface area contributed by atoms with Crippen LogP contribution in [0.3, 0.4) is 0 Å². The molecule has 84 valence electrons. The standard InChI is InChI=1S/C12H16F2O/c1-3-5-11(15)8(2)12-9(13)6-4-7-10(12)14/h4,6-8,11,15H,3,5H2,1-2H3. The zero-order valence-corrected chi connectivity index (χ0v) is 9.00. The number of hydrogen-bond acceptors (Lipinski definition) is 1. The summed E-state index contributed by atoms with van der Waals surface area (Å²) in [4.78, 5) is 0. The van der Waals surface area contributed by atoms with Gasteiger partial charge in [-0.1, -0.05) is 26.3 Å². The predicted octanol–water partition coefficient (Wildman–Crippen LogP) is 3.23. The quantitative estimate of drug-likeness (QED) is 0.815. The summed E-state index contributed by atoms with van der Waals surface area (Å²) in [7, 11) is 0. The maximum absolute atomic E-state index is 13.4. The van der Waals surface area contributed by atoms with E-state index in [9.17, 15) is 13.9 Å². The molecule has 1 aromatic carbocycles. The highest BCUT2D eigenvalue weighted by Gasteiger charge is 2.21. The van der Waals surface area contributed by atoms with Crippen molar-refractivity contribution in [2.45, 2.75) is 38.7 Å². The smallest absolute Gasteiger partial charge is 0.129 e. The first-order valence-electron chi connectivity index (χ1n) is 5.19. The van der Waals surface area contributed by atoms with Crippen LogP contribution in [0.5, 0.6) is 0 Å². The zero-order valence-electron chi connectivity index (χ0n) is 9.00. The summed E-state index contributed by atoms with van der Waals surface area (Å²) in [6, 6.07) is 3.76. The first-order chi connectivity index (χ1) is 7.07. The highest BCUT2D eigenvalue weighted by Crippen LogP contribution is 2.26. The summed E-state index contributed by atoms with van der Waals surface area (Å²) in [6.07, 6.45) is 0.651. The van der Waals surface area contributed by atoms with Gasteiger partial charge >= 0.3 is 0 Å². The Balaban J connectivity index is 2.94. The molecule has 0 saturated carbocycles. The lowest BCUT2D eigenvalue weighted by Crippen LogP contribution is -2.17. The predicted molar refractivity (Wildman–Crippen MR) is 55.7 cm³/mol.